The molecule has 0 fully saturated rings. The zero-order chi connectivity index (χ0) is 15.7. The third-order valence-corrected chi connectivity index (χ3v) is 5.29. The van der Waals surface area contributed by atoms with Crippen LogP contribution in [0.5, 0.6) is 0 Å². The van der Waals surface area contributed by atoms with Crippen molar-refractivity contribution in [1.82, 2.24) is 0 Å². The zero-order valence-corrected chi connectivity index (χ0v) is 12.8. The van der Waals surface area contributed by atoms with Crippen molar-refractivity contribution in [3.63, 3.8) is 0 Å². The Balaban J connectivity index is 3.77. The summed E-state index contributed by atoms with van der Waals surface area (Å²) >= 11 is 5.38. The Hall–Kier alpha value is -1.47. The van der Waals surface area contributed by atoms with Crippen LogP contribution < -0.4 is 0 Å². The van der Waals surface area contributed by atoms with Gasteiger partial charge >= 0.3 is 0 Å². The van der Waals surface area contributed by atoms with E-state index in [-0.39, 0.29) is 10.5 Å². The lowest BCUT2D eigenvalue weighted by atomic mass is 10.1. The molecule has 1 aromatic rings. The highest BCUT2D eigenvalue weighted by Crippen LogP contribution is 2.31. The summed E-state index contributed by atoms with van der Waals surface area (Å²) in [6.07, 6.45) is 0.340. The van der Waals surface area contributed by atoms with Crippen molar-refractivity contribution in [1.29, 1.82) is 0 Å². The topological polar surface area (TPSA) is 94.3 Å². The van der Waals surface area contributed by atoms with E-state index in [0.29, 0.717) is 12.0 Å². The predicted molar refractivity (Wildman–Crippen MR) is 75.0 cm³/mol. The molecule has 0 radical (unpaired) electrons. The third-order valence-electron chi connectivity index (χ3n) is 2.90. The fraction of sp³-hybridized carbons (Fsp3) is 0.417. The van der Waals surface area contributed by atoms with Crippen molar-refractivity contribution >= 4 is 32.4 Å². The largest absolute Gasteiger partial charge is 0.288 e. The monoisotopic (exact) mass is 319 g/mol. The van der Waals surface area contributed by atoms with Crippen LogP contribution in [0.4, 0.5) is 5.69 Å². The molecule has 110 valence electrons. The molecule has 0 bridgehead atoms. The lowest BCUT2D eigenvalue weighted by Crippen LogP contribution is -2.17. The first kappa shape index (κ1) is 16.6. The van der Waals surface area contributed by atoms with Gasteiger partial charge in [0.2, 0.25) is 0 Å². The van der Waals surface area contributed by atoms with Crippen LogP contribution >= 0.6 is 11.6 Å². The minimum Gasteiger partial charge on any atom is -0.276 e. The first-order valence-electron chi connectivity index (χ1n) is 5.88. The smallest absolute Gasteiger partial charge is 0.276 e. The van der Waals surface area contributed by atoms with E-state index < -0.39 is 30.9 Å². The summed E-state index contributed by atoms with van der Waals surface area (Å²) in [4.78, 5) is 21.1. The SMILES string of the molecule is CCc1cc(S(=O)(=O)C(C)C)c([N+](=O)[O-])cc1C(=O)Cl. The molecule has 0 aromatic heterocycles. The molecule has 20 heavy (non-hydrogen) atoms. The molecule has 0 aliphatic heterocycles. The number of benzene rings is 1. The molecule has 8 heteroatoms. The summed E-state index contributed by atoms with van der Waals surface area (Å²) in [5.74, 6) is 0. The van der Waals surface area contributed by atoms with Gasteiger partial charge in [0.15, 0.2) is 9.84 Å². The molecule has 0 N–H and O–H groups in total. The molecule has 0 unspecified atom stereocenters. The number of carbonyl (C=O) groups is 1. The molecular weight excluding hydrogens is 306 g/mol. The Morgan fingerprint density at radius 1 is 1.40 bits per heavy atom. The summed E-state index contributed by atoms with van der Waals surface area (Å²) in [6.45, 7) is 4.58. The molecule has 0 aliphatic carbocycles. The summed E-state index contributed by atoms with van der Waals surface area (Å²) < 4.78 is 24.4. The molecule has 0 saturated carbocycles. The van der Waals surface area contributed by atoms with Gasteiger partial charge in [-0.15, -0.1) is 0 Å². The van der Waals surface area contributed by atoms with Gasteiger partial charge in [0.1, 0.15) is 4.90 Å². The normalized spacial score (nSPS) is 11.7. The van der Waals surface area contributed by atoms with Gasteiger partial charge in [0, 0.05) is 11.6 Å². The highest BCUT2D eigenvalue weighted by molar-refractivity contribution is 7.92. The van der Waals surface area contributed by atoms with Gasteiger partial charge < -0.3 is 0 Å². The van der Waals surface area contributed by atoms with Crippen LogP contribution in [0, 0.1) is 10.1 Å². The fourth-order valence-corrected chi connectivity index (χ4v) is 3.13. The van der Waals surface area contributed by atoms with Crippen LogP contribution in [0.15, 0.2) is 17.0 Å². The number of halogens is 1. The van der Waals surface area contributed by atoms with Crippen molar-refractivity contribution in [2.45, 2.75) is 37.3 Å². The van der Waals surface area contributed by atoms with Crippen molar-refractivity contribution in [2.75, 3.05) is 0 Å². The molecule has 0 spiro atoms. The lowest BCUT2D eigenvalue weighted by Gasteiger charge is -2.11. The van der Waals surface area contributed by atoms with E-state index in [1.54, 1.807) is 6.92 Å². The van der Waals surface area contributed by atoms with Gasteiger partial charge in [-0.1, -0.05) is 6.92 Å². The van der Waals surface area contributed by atoms with Crippen LogP contribution in [-0.4, -0.2) is 23.8 Å². The van der Waals surface area contributed by atoms with Crippen molar-refractivity contribution in [2.24, 2.45) is 0 Å². The van der Waals surface area contributed by atoms with Crippen LogP contribution in [-0.2, 0) is 16.3 Å². The van der Waals surface area contributed by atoms with Crippen LogP contribution in [0.1, 0.15) is 36.7 Å². The van der Waals surface area contributed by atoms with E-state index in [2.05, 4.69) is 0 Å². The maximum Gasteiger partial charge on any atom is 0.288 e. The average Bonchev–Trinajstić information content (AvgIpc) is 2.36. The van der Waals surface area contributed by atoms with Gasteiger partial charge in [0.25, 0.3) is 10.9 Å². The van der Waals surface area contributed by atoms with E-state index in [1.807, 2.05) is 0 Å². The number of hydrogen-bond acceptors (Lipinski definition) is 5. The van der Waals surface area contributed by atoms with Gasteiger partial charge in [-0.25, -0.2) is 8.42 Å². The number of nitrogens with zero attached hydrogens (tertiary/aromatic N) is 1. The van der Waals surface area contributed by atoms with Crippen LogP contribution in [0.25, 0.3) is 0 Å². The number of nitro benzene ring substituents is 1. The molecule has 0 aliphatic rings. The molecule has 0 amide bonds. The summed E-state index contributed by atoms with van der Waals surface area (Å²) in [5.41, 5.74) is -0.293. The number of rotatable bonds is 5. The summed E-state index contributed by atoms with van der Waals surface area (Å²) in [6, 6.07) is 2.10. The van der Waals surface area contributed by atoms with Gasteiger partial charge in [-0.3, -0.25) is 14.9 Å². The van der Waals surface area contributed by atoms with Crippen molar-refractivity contribution in [3.05, 3.63) is 33.4 Å². The molecule has 0 atom stereocenters. The van der Waals surface area contributed by atoms with Crippen molar-refractivity contribution in [3.8, 4) is 0 Å². The van der Waals surface area contributed by atoms with E-state index >= 15 is 0 Å². The summed E-state index contributed by atoms with van der Waals surface area (Å²) in [5, 5.41) is 9.40. The fourth-order valence-electron chi connectivity index (χ4n) is 1.71. The quantitative estimate of drug-likeness (QED) is 0.472. The number of aryl methyl sites for hydroxylation is 1. The highest BCUT2D eigenvalue weighted by Gasteiger charge is 2.31. The molecule has 6 nitrogen and oxygen atoms in total. The van der Waals surface area contributed by atoms with E-state index in [0.717, 1.165) is 6.07 Å². The van der Waals surface area contributed by atoms with E-state index in [9.17, 15) is 23.3 Å². The Bertz CT molecular complexity index is 667. The standard InChI is InChI=1S/C12H14ClNO5S/c1-4-8-5-11(20(18,19)7(2)3)10(14(16)17)6-9(8)12(13)15/h5-7H,4H2,1-3H3. The third kappa shape index (κ3) is 2.99. The highest BCUT2D eigenvalue weighted by atomic mass is 35.5. The Labute approximate surface area is 121 Å². The van der Waals surface area contributed by atoms with Crippen LogP contribution in [0.2, 0.25) is 0 Å². The number of sulfone groups is 1. The van der Waals surface area contributed by atoms with Gasteiger partial charge in [0.05, 0.1) is 10.2 Å². The number of hydrogen-bond donors (Lipinski definition) is 0. The second kappa shape index (κ2) is 5.88. The van der Waals surface area contributed by atoms with Crippen LogP contribution in [0.3, 0.4) is 0 Å². The Kier molecular flexibility index (Phi) is 4.88. The first-order valence-corrected chi connectivity index (χ1v) is 7.80. The molecule has 0 heterocycles. The molecular formula is C12H14ClNO5S. The number of carbonyl (C=O) groups excluding carboxylic acids is 1. The minimum atomic E-state index is -3.82. The minimum absolute atomic E-state index is 0.0384. The Morgan fingerprint density at radius 2 is 1.95 bits per heavy atom. The summed E-state index contributed by atoms with van der Waals surface area (Å²) in [7, 11) is -3.82. The number of nitro groups is 1. The van der Waals surface area contributed by atoms with E-state index in [4.69, 9.17) is 11.6 Å². The second-order valence-electron chi connectivity index (χ2n) is 4.46. The second-order valence-corrected chi connectivity index (χ2v) is 7.27. The molecule has 0 saturated heterocycles. The van der Waals surface area contributed by atoms with Crippen molar-refractivity contribution < 1.29 is 18.1 Å². The van der Waals surface area contributed by atoms with Gasteiger partial charge in [-0.2, -0.15) is 0 Å². The molecule has 1 rings (SSSR count). The first-order chi connectivity index (χ1) is 9.12. The predicted octanol–water partition coefficient (Wildman–Crippen LogP) is 2.72. The Morgan fingerprint density at radius 3 is 2.30 bits per heavy atom. The van der Waals surface area contributed by atoms with E-state index in [1.165, 1.54) is 19.9 Å². The van der Waals surface area contributed by atoms with Gasteiger partial charge in [-0.05, 0) is 43.5 Å². The zero-order valence-electron chi connectivity index (χ0n) is 11.2. The maximum atomic E-state index is 12.2. The lowest BCUT2D eigenvalue weighted by molar-refractivity contribution is -0.387. The average molecular weight is 320 g/mol. The maximum absolute atomic E-state index is 12.2. The molecule has 1 aromatic carbocycles.